The van der Waals surface area contributed by atoms with Gasteiger partial charge in [-0.25, -0.2) is 4.98 Å². The van der Waals surface area contributed by atoms with Gasteiger partial charge in [0.25, 0.3) is 5.56 Å². The van der Waals surface area contributed by atoms with Crippen LogP contribution >= 0.6 is 11.6 Å². The molecular weight excluding hydrogens is 490 g/mol. The minimum absolute atomic E-state index is 0.0576. The Balaban J connectivity index is 1.61. The molecule has 0 unspecified atom stereocenters. The van der Waals surface area contributed by atoms with Gasteiger partial charge < -0.3 is 13.9 Å². The summed E-state index contributed by atoms with van der Waals surface area (Å²) in [6.45, 7) is 6.49. The maximum absolute atomic E-state index is 13.5. The van der Waals surface area contributed by atoms with Crippen LogP contribution < -0.4 is 15.0 Å². The first-order valence-corrected chi connectivity index (χ1v) is 12.5. The molecule has 188 valence electrons. The number of hydrogen-bond acceptors (Lipinski definition) is 6. The zero-order chi connectivity index (χ0) is 25.9. The number of para-hydroxylation sites is 1. The molecule has 5 rings (SSSR count). The van der Waals surface area contributed by atoms with Crippen molar-refractivity contribution in [2.45, 2.75) is 33.3 Å². The number of rotatable bonds is 8. The van der Waals surface area contributed by atoms with Gasteiger partial charge in [0, 0.05) is 10.4 Å². The first kappa shape index (κ1) is 24.6. The van der Waals surface area contributed by atoms with Gasteiger partial charge in [-0.2, -0.15) is 9.78 Å². The van der Waals surface area contributed by atoms with Gasteiger partial charge in [0.15, 0.2) is 17.3 Å². The molecule has 37 heavy (non-hydrogen) atoms. The molecule has 0 N–H and O–H groups in total. The van der Waals surface area contributed by atoms with Gasteiger partial charge in [0.2, 0.25) is 5.82 Å². The summed E-state index contributed by atoms with van der Waals surface area (Å²) >= 11 is 6.15. The van der Waals surface area contributed by atoms with Crippen LogP contribution in [0.3, 0.4) is 0 Å². The molecule has 0 radical (unpaired) electrons. The zero-order valence-electron chi connectivity index (χ0n) is 20.8. The maximum Gasteiger partial charge on any atom is 0.282 e. The molecule has 0 saturated heterocycles. The number of furan rings is 1. The Morgan fingerprint density at radius 2 is 1.92 bits per heavy atom. The van der Waals surface area contributed by atoms with E-state index in [4.69, 9.17) is 30.5 Å². The average molecular weight is 516 g/mol. The van der Waals surface area contributed by atoms with Crippen molar-refractivity contribution in [3.63, 3.8) is 0 Å². The van der Waals surface area contributed by atoms with Crippen molar-refractivity contribution in [1.29, 1.82) is 0 Å². The van der Waals surface area contributed by atoms with Gasteiger partial charge in [-0.05, 0) is 80.4 Å². The Kier molecular flexibility index (Phi) is 6.97. The van der Waals surface area contributed by atoms with Gasteiger partial charge >= 0.3 is 0 Å². The number of halogens is 1. The van der Waals surface area contributed by atoms with Gasteiger partial charge in [0.05, 0.1) is 29.8 Å². The summed E-state index contributed by atoms with van der Waals surface area (Å²) in [7, 11) is 0. The summed E-state index contributed by atoms with van der Waals surface area (Å²) in [5, 5.41) is 6.38. The van der Waals surface area contributed by atoms with E-state index < -0.39 is 0 Å². The second kappa shape index (κ2) is 10.5. The van der Waals surface area contributed by atoms with E-state index in [9.17, 15) is 4.79 Å². The van der Waals surface area contributed by atoms with Gasteiger partial charge in [-0.15, -0.1) is 0 Å². The standard InChI is InChI=1S/C29H26ClN3O4/c1-4-18(3)36-25-12-10-19(14-26(25)35-5-2)17-31-33-28(32-23-9-7-6-8-22(23)29(33)34)27-16-20-15-21(30)11-13-24(20)37-27/h6-18H,4-5H2,1-3H3/t18-/m1/s1. The lowest BCUT2D eigenvalue weighted by Crippen LogP contribution is -2.20. The first-order chi connectivity index (χ1) is 18.0. The second-order valence-corrected chi connectivity index (χ2v) is 9.02. The van der Waals surface area contributed by atoms with Crippen LogP contribution in [0.5, 0.6) is 11.5 Å². The van der Waals surface area contributed by atoms with Gasteiger partial charge in [-0.1, -0.05) is 30.7 Å². The van der Waals surface area contributed by atoms with E-state index in [1.807, 2.05) is 38.1 Å². The monoisotopic (exact) mass is 515 g/mol. The van der Waals surface area contributed by atoms with Crippen LogP contribution in [-0.4, -0.2) is 28.6 Å². The summed E-state index contributed by atoms with van der Waals surface area (Å²) in [6, 6.07) is 19.9. The number of nitrogens with zero attached hydrogens (tertiary/aromatic N) is 3. The van der Waals surface area contributed by atoms with E-state index in [-0.39, 0.29) is 17.5 Å². The lowest BCUT2D eigenvalue weighted by Gasteiger charge is -2.16. The molecule has 7 nitrogen and oxygen atoms in total. The first-order valence-electron chi connectivity index (χ1n) is 12.2. The molecule has 0 spiro atoms. The summed E-state index contributed by atoms with van der Waals surface area (Å²) < 4.78 is 19.1. The largest absolute Gasteiger partial charge is 0.490 e. The van der Waals surface area contributed by atoms with E-state index in [1.54, 1.807) is 48.7 Å². The molecule has 0 saturated carbocycles. The number of ether oxygens (including phenoxy) is 2. The average Bonchev–Trinajstić information content (AvgIpc) is 3.32. The summed E-state index contributed by atoms with van der Waals surface area (Å²) in [6.07, 6.45) is 2.53. The summed E-state index contributed by atoms with van der Waals surface area (Å²) in [4.78, 5) is 18.2. The van der Waals surface area contributed by atoms with Gasteiger partial charge in [-0.3, -0.25) is 4.79 Å². The van der Waals surface area contributed by atoms with Crippen molar-refractivity contribution in [1.82, 2.24) is 9.66 Å². The van der Waals surface area contributed by atoms with Crippen molar-refractivity contribution < 1.29 is 13.9 Å². The maximum atomic E-state index is 13.5. The molecule has 8 heteroatoms. The fourth-order valence-electron chi connectivity index (χ4n) is 3.91. The van der Waals surface area contributed by atoms with Crippen molar-refractivity contribution in [2.75, 3.05) is 6.61 Å². The molecular formula is C29H26ClN3O4. The minimum Gasteiger partial charge on any atom is -0.490 e. The highest BCUT2D eigenvalue weighted by Crippen LogP contribution is 2.31. The second-order valence-electron chi connectivity index (χ2n) is 8.58. The molecule has 0 aliphatic carbocycles. The Morgan fingerprint density at radius 3 is 2.73 bits per heavy atom. The number of benzene rings is 3. The van der Waals surface area contributed by atoms with Crippen LogP contribution in [0.25, 0.3) is 33.5 Å². The third-order valence-corrected chi connectivity index (χ3v) is 6.18. The van der Waals surface area contributed by atoms with E-state index in [0.717, 1.165) is 17.4 Å². The van der Waals surface area contributed by atoms with Crippen LogP contribution in [0, 0.1) is 0 Å². The topological polar surface area (TPSA) is 78.9 Å². The van der Waals surface area contributed by atoms with Gasteiger partial charge in [0.1, 0.15) is 5.58 Å². The highest BCUT2D eigenvalue weighted by atomic mass is 35.5. The van der Waals surface area contributed by atoms with E-state index in [1.165, 1.54) is 4.68 Å². The number of aromatic nitrogens is 2. The van der Waals surface area contributed by atoms with E-state index in [2.05, 4.69) is 12.0 Å². The Hall–Kier alpha value is -4.10. The quantitative estimate of drug-likeness (QED) is 0.209. The fourth-order valence-corrected chi connectivity index (χ4v) is 4.09. The van der Waals surface area contributed by atoms with Crippen LogP contribution in [-0.2, 0) is 0 Å². The van der Waals surface area contributed by atoms with Crippen molar-refractivity contribution >= 4 is 39.7 Å². The van der Waals surface area contributed by atoms with Crippen molar-refractivity contribution in [2.24, 2.45) is 5.10 Å². The highest BCUT2D eigenvalue weighted by molar-refractivity contribution is 6.31. The van der Waals surface area contributed by atoms with Crippen molar-refractivity contribution in [3.8, 4) is 23.1 Å². The van der Waals surface area contributed by atoms with Crippen LogP contribution in [0.2, 0.25) is 5.02 Å². The molecule has 1 atom stereocenters. The predicted molar refractivity (Wildman–Crippen MR) is 147 cm³/mol. The molecule has 2 heterocycles. The summed E-state index contributed by atoms with van der Waals surface area (Å²) in [5.74, 6) is 1.98. The lowest BCUT2D eigenvalue weighted by atomic mass is 10.2. The minimum atomic E-state index is -0.308. The predicted octanol–water partition coefficient (Wildman–Crippen LogP) is 6.92. The molecule has 5 aromatic rings. The smallest absolute Gasteiger partial charge is 0.282 e. The molecule has 3 aromatic carbocycles. The Labute approximate surface area is 218 Å². The molecule has 0 aliphatic heterocycles. The Morgan fingerprint density at radius 1 is 1.08 bits per heavy atom. The van der Waals surface area contributed by atoms with E-state index >= 15 is 0 Å². The van der Waals surface area contributed by atoms with E-state index in [0.29, 0.717) is 45.4 Å². The lowest BCUT2D eigenvalue weighted by molar-refractivity contribution is 0.203. The Bertz CT molecular complexity index is 1670. The molecule has 0 bridgehead atoms. The fraction of sp³-hybridized carbons (Fsp3) is 0.207. The third-order valence-electron chi connectivity index (χ3n) is 5.95. The van der Waals surface area contributed by atoms with Crippen LogP contribution in [0.1, 0.15) is 32.8 Å². The van der Waals surface area contributed by atoms with Crippen LogP contribution in [0.15, 0.2) is 81.0 Å². The molecule has 0 aliphatic rings. The normalized spacial score (nSPS) is 12.4. The third kappa shape index (κ3) is 5.08. The molecule has 2 aromatic heterocycles. The summed E-state index contributed by atoms with van der Waals surface area (Å²) in [5.41, 5.74) is 1.62. The SMILES string of the molecule is CCOc1cc(C=Nn2c(-c3cc4cc(Cl)ccc4o3)nc3ccccc3c2=O)ccc1O[C@H](C)CC. The molecule has 0 amide bonds. The van der Waals surface area contributed by atoms with Crippen molar-refractivity contribution in [3.05, 3.63) is 87.7 Å². The number of fused-ring (bicyclic) bond motifs is 2. The number of hydrogen-bond donors (Lipinski definition) is 0. The highest BCUT2D eigenvalue weighted by Gasteiger charge is 2.17. The zero-order valence-corrected chi connectivity index (χ0v) is 21.5. The van der Waals surface area contributed by atoms with Crippen LogP contribution in [0.4, 0.5) is 0 Å². The molecule has 0 fully saturated rings.